The van der Waals surface area contributed by atoms with E-state index in [1.165, 1.54) is 6.07 Å². The van der Waals surface area contributed by atoms with E-state index in [0.717, 1.165) is 23.5 Å². The molecule has 0 saturated heterocycles. The van der Waals surface area contributed by atoms with Gasteiger partial charge < -0.3 is 16.0 Å². The maximum atomic E-state index is 13.2. The van der Waals surface area contributed by atoms with Gasteiger partial charge in [0.2, 0.25) is 0 Å². The van der Waals surface area contributed by atoms with Crippen molar-refractivity contribution in [3.63, 3.8) is 0 Å². The number of aryl methyl sites for hydroxylation is 1. The summed E-state index contributed by atoms with van der Waals surface area (Å²) >= 11 is 7.03. The second-order valence-electron chi connectivity index (χ2n) is 7.33. The molecule has 0 atom stereocenters. The summed E-state index contributed by atoms with van der Waals surface area (Å²) in [4.78, 5) is 38.2. The van der Waals surface area contributed by atoms with Crippen LogP contribution < -0.4 is 16.0 Å². The minimum atomic E-state index is -0.542. The van der Waals surface area contributed by atoms with Gasteiger partial charge >= 0.3 is 0 Å². The second kappa shape index (κ2) is 9.93. The highest BCUT2D eigenvalue weighted by Gasteiger charge is 2.19. The van der Waals surface area contributed by atoms with Crippen LogP contribution in [0.2, 0.25) is 5.02 Å². The number of halogens is 2. The topological polar surface area (TPSA) is 87.3 Å². The largest absolute Gasteiger partial charge is 0.350 e. The fraction of sp³-hybridized carbons (Fsp3) is 0.174. The van der Waals surface area contributed by atoms with Gasteiger partial charge in [-0.15, -0.1) is 11.3 Å². The van der Waals surface area contributed by atoms with E-state index in [2.05, 4.69) is 16.0 Å². The predicted octanol–water partition coefficient (Wildman–Crippen LogP) is 5.49. The van der Waals surface area contributed by atoms with Gasteiger partial charge in [0.05, 0.1) is 31.7 Å². The monoisotopic (exact) mass is 473 g/mol. The van der Waals surface area contributed by atoms with E-state index in [0.29, 0.717) is 26.7 Å². The number of anilines is 2. The van der Waals surface area contributed by atoms with Crippen LogP contribution in [0, 0.1) is 12.7 Å². The van der Waals surface area contributed by atoms with Crippen molar-refractivity contribution in [2.75, 3.05) is 10.6 Å². The highest BCUT2D eigenvalue weighted by molar-refractivity contribution is 7.18. The highest BCUT2D eigenvalue weighted by Crippen LogP contribution is 2.29. The van der Waals surface area contributed by atoms with Crippen molar-refractivity contribution in [2.45, 2.75) is 26.8 Å². The molecule has 0 aliphatic carbocycles. The number of carbonyl (C=O) groups is 3. The van der Waals surface area contributed by atoms with Gasteiger partial charge in [0.15, 0.2) is 0 Å². The zero-order valence-corrected chi connectivity index (χ0v) is 19.2. The predicted molar refractivity (Wildman–Crippen MR) is 125 cm³/mol. The van der Waals surface area contributed by atoms with Crippen molar-refractivity contribution in [3.05, 3.63) is 80.9 Å². The van der Waals surface area contributed by atoms with Crippen LogP contribution in [0.1, 0.15) is 49.8 Å². The van der Waals surface area contributed by atoms with Gasteiger partial charge in [0.25, 0.3) is 17.7 Å². The summed E-state index contributed by atoms with van der Waals surface area (Å²) in [5.74, 6) is -1.75. The molecule has 3 rings (SSSR count). The standard InChI is InChI=1S/C23H21ClFN3O3S/c1-12(2)26-22(30)16-6-4-5-7-18(16)27-23(31)20-13(3)10-19(32-20)28-21(29)15-9-8-14(25)11-17(15)24/h4-12H,1-3H3,(H,26,30)(H,27,31)(H,28,29). The van der Waals surface area contributed by atoms with Crippen LogP contribution in [-0.4, -0.2) is 23.8 Å². The molecule has 32 heavy (non-hydrogen) atoms. The number of benzene rings is 2. The summed E-state index contributed by atoms with van der Waals surface area (Å²) in [6.07, 6.45) is 0. The Bertz CT molecular complexity index is 1190. The molecule has 0 bridgehead atoms. The minimum absolute atomic E-state index is 0.00924. The van der Waals surface area contributed by atoms with Crippen molar-refractivity contribution in [3.8, 4) is 0 Å². The Morgan fingerprint density at radius 3 is 2.34 bits per heavy atom. The van der Waals surface area contributed by atoms with Crippen LogP contribution in [0.25, 0.3) is 0 Å². The van der Waals surface area contributed by atoms with Crippen LogP contribution in [0.3, 0.4) is 0 Å². The first-order valence-corrected chi connectivity index (χ1v) is 10.9. The number of rotatable bonds is 6. The summed E-state index contributed by atoms with van der Waals surface area (Å²) in [5, 5.41) is 8.68. The summed E-state index contributed by atoms with van der Waals surface area (Å²) < 4.78 is 13.2. The Morgan fingerprint density at radius 1 is 0.938 bits per heavy atom. The molecule has 6 nitrogen and oxygen atoms in total. The second-order valence-corrected chi connectivity index (χ2v) is 8.79. The molecule has 0 unspecified atom stereocenters. The number of hydrogen-bond acceptors (Lipinski definition) is 4. The summed E-state index contributed by atoms with van der Waals surface area (Å²) in [6.45, 7) is 5.44. The molecule has 1 aromatic heterocycles. The molecule has 0 aliphatic heterocycles. The van der Waals surface area contributed by atoms with Crippen LogP contribution in [0.4, 0.5) is 15.1 Å². The molecular formula is C23H21ClFN3O3S. The summed E-state index contributed by atoms with van der Waals surface area (Å²) in [7, 11) is 0. The smallest absolute Gasteiger partial charge is 0.266 e. The molecule has 1 heterocycles. The van der Waals surface area contributed by atoms with Gasteiger partial charge in [-0.25, -0.2) is 4.39 Å². The molecule has 9 heteroatoms. The van der Waals surface area contributed by atoms with E-state index in [1.54, 1.807) is 37.3 Å². The van der Waals surface area contributed by atoms with Gasteiger partial charge in [-0.1, -0.05) is 23.7 Å². The summed E-state index contributed by atoms with van der Waals surface area (Å²) in [6, 6.07) is 11.8. The van der Waals surface area contributed by atoms with Gasteiger partial charge in [0.1, 0.15) is 5.82 Å². The minimum Gasteiger partial charge on any atom is -0.350 e. The molecule has 0 radical (unpaired) electrons. The van der Waals surface area contributed by atoms with Gasteiger partial charge in [-0.2, -0.15) is 0 Å². The molecule has 0 saturated carbocycles. The van der Waals surface area contributed by atoms with Crippen molar-refractivity contribution in [2.24, 2.45) is 0 Å². The fourth-order valence-electron chi connectivity index (χ4n) is 2.93. The zero-order valence-electron chi connectivity index (χ0n) is 17.6. The Kier molecular flexibility index (Phi) is 7.27. The lowest BCUT2D eigenvalue weighted by Gasteiger charge is -2.13. The number of carbonyl (C=O) groups excluding carboxylic acids is 3. The Hall–Kier alpha value is -3.23. The maximum absolute atomic E-state index is 13.2. The number of thiophene rings is 1. The Balaban J connectivity index is 1.77. The van der Waals surface area contributed by atoms with Crippen molar-refractivity contribution in [1.29, 1.82) is 0 Å². The molecule has 3 amide bonds. The third kappa shape index (κ3) is 5.52. The lowest BCUT2D eigenvalue weighted by atomic mass is 10.1. The average molecular weight is 474 g/mol. The van der Waals surface area contributed by atoms with Crippen molar-refractivity contribution < 1.29 is 18.8 Å². The van der Waals surface area contributed by atoms with E-state index in [9.17, 15) is 18.8 Å². The number of para-hydroxylation sites is 1. The van der Waals surface area contributed by atoms with E-state index >= 15 is 0 Å². The third-order valence-electron chi connectivity index (χ3n) is 4.38. The van der Waals surface area contributed by atoms with E-state index in [4.69, 9.17) is 11.6 Å². The molecule has 0 spiro atoms. The van der Waals surface area contributed by atoms with Crippen LogP contribution in [-0.2, 0) is 0 Å². The number of hydrogen-bond donors (Lipinski definition) is 3. The molecular weight excluding hydrogens is 453 g/mol. The molecule has 0 aliphatic rings. The van der Waals surface area contributed by atoms with Crippen molar-refractivity contribution in [1.82, 2.24) is 5.32 Å². The van der Waals surface area contributed by atoms with E-state index in [1.807, 2.05) is 13.8 Å². The number of amides is 3. The van der Waals surface area contributed by atoms with Gasteiger partial charge in [-0.3, -0.25) is 14.4 Å². The molecule has 166 valence electrons. The van der Waals surface area contributed by atoms with E-state index in [-0.39, 0.29) is 22.5 Å². The first-order valence-electron chi connectivity index (χ1n) is 9.73. The first kappa shape index (κ1) is 23.4. The Labute approximate surface area is 193 Å². The number of nitrogens with one attached hydrogen (secondary N) is 3. The van der Waals surface area contributed by atoms with Crippen LogP contribution in [0.15, 0.2) is 48.5 Å². The normalized spacial score (nSPS) is 10.7. The third-order valence-corrected chi connectivity index (χ3v) is 5.84. The van der Waals surface area contributed by atoms with Crippen LogP contribution in [0.5, 0.6) is 0 Å². The summed E-state index contributed by atoms with van der Waals surface area (Å²) in [5.41, 5.74) is 1.50. The zero-order chi connectivity index (χ0) is 23.4. The molecule has 3 N–H and O–H groups in total. The lowest BCUT2D eigenvalue weighted by Crippen LogP contribution is -2.31. The van der Waals surface area contributed by atoms with E-state index < -0.39 is 17.6 Å². The highest BCUT2D eigenvalue weighted by atomic mass is 35.5. The molecule has 3 aromatic rings. The quantitative estimate of drug-likeness (QED) is 0.442. The van der Waals surface area contributed by atoms with Crippen LogP contribution >= 0.6 is 22.9 Å². The SMILES string of the molecule is Cc1cc(NC(=O)c2ccc(F)cc2Cl)sc1C(=O)Nc1ccccc1C(=O)NC(C)C. The Morgan fingerprint density at radius 2 is 1.66 bits per heavy atom. The fourth-order valence-corrected chi connectivity index (χ4v) is 4.15. The maximum Gasteiger partial charge on any atom is 0.266 e. The van der Waals surface area contributed by atoms with Gasteiger partial charge in [-0.05, 0) is 62.7 Å². The first-order chi connectivity index (χ1) is 15.2. The average Bonchev–Trinajstić information content (AvgIpc) is 3.07. The van der Waals surface area contributed by atoms with Crippen molar-refractivity contribution >= 4 is 51.3 Å². The lowest BCUT2D eigenvalue weighted by molar-refractivity contribution is 0.0943. The molecule has 2 aromatic carbocycles. The molecule has 0 fully saturated rings. The van der Waals surface area contributed by atoms with Gasteiger partial charge in [0, 0.05) is 6.04 Å².